The Morgan fingerprint density at radius 3 is 2.71 bits per heavy atom. The van der Waals surface area contributed by atoms with Gasteiger partial charge < -0.3 is 21.5 Å². The van der Waals surface area contributed by atoms with Gasteiger partial charge in [-0.15, -0.1) is 0 Å². The normalized spacial score (nSPS) is 21.8. The molecule has 0 spiro atoms. The van der Waals surface area contributed by atoms with Gasteiger partial charge in [-0.3, -0.25) is 4.79 Å². The van der Waals surface area contributed by atoms with Gasteiger partial charge in [0.1, 0.15) is 0 Å². The Hall–Kier alpha value is -1.75. The molecular weight excluding hydrogens is 266 g/mol. The zero-order chi connectivity index (χ0) is 15.2. The Morgan fingerprint density at radius 1 is 1.33 bits per heavy atom. The van der Waals surface area contributed by atoms with Crippen LogP contribution in [0.3, 0.4) is 0 Å². The molecule has 0 bridgehead atoms. The quantitative estimate of drug-likeness (QED) is 0.623. The van der Waals surface area contributed by atoms with Crippen molar-refractivity contribution in [1.29, 1.82) is 0 Å². The van der Waals surface area contributed by atoms with E-state index < -0.39 is 0 Å². The largest absolute Gasteiger partial charge is 0.399 e. The lowest BCUT2D eigenvalue weighted by Crippen LogP contribution is -2.29. The maximum absolute atomic E-state index is 11.9. The summed E-state index contributed by atoms with van der Waals surface area (Å²) < 4.78 is 0. The second-order valence-electron chi connectivity index (χ2n) is 5.75. The molecule has 1 aliphatic rings. The maximum atomic E-state index is 11.9. The van der Waals surface area contributed by atoms with E-state index in [9.17, 15) is 9.90 Å². The molecule has 2 rings (SSSR count). The number of aliphatic hydroxyl groups excluding tert-OH is 1. The van der Waals surface area contributed by atoms with Crippen LogP contribution in [-0.4, -0.2) is 31.2 Å². The highest BCUT2D eigenvalue weighted by Crippen LogP contribution is 2.30. The summed E-state index contributed by atoms with van der Waals surface area (Å²) in [7, 11) is 1.62. The number of carbonyl (C=O) groups excluding carboxylic acids is 1. The minimum absolute atomic E-state index is 0.125. The molecular formula is C16H25N3O2. The molecule has 1 amide bonds. The Balaban J connectivity index is 2.08. The number of nitrogens with one attached hydrogen (secondary N) is 2. The zero-order valence-electron chi connectivity index (χ0n) is 12.6. The number of amides is 1. The maximum Gasteiger partial charge on any atom is 0.253 e. The summed E-state index contributed by atoms with van der Waals surface area (Å²) in [6.07, 6.45) is 4.61. The van der Waals surface area contributed by atoms with Gasteiger partial charge in [-0.1, -0.05) is 12.8 Å². The van der Waals surface area contributed by atoms with E-state index in [1.54, 1.807) is 25.2 Å². The van der Waals surface area contributed by atoms with Crippen molar-refractivity contribution >= 4 is 17.3 Å². The third-order valence-corrected chi connectivity index (χ3v) is 4.37. The lowest BCUT2D eigenvalue weighted by atomic mass is 9.79. The number of hydrogen-bond donors (Lipinski definition) is 4. The molecule has 0 heterocycles. The van der Waals surface area contributed by atoms with Crippen LogP contribution in [0.5, 0.6) is 0 Å². The summed E-state index contributed by atoms with van der Waals surface area (Å²) in [5.41, 5.74) is 7.81. The smallest absolute Gasteiger partial charge is 0.253 e. The summed E-state index contributed by atoms with van der Waals surface area (Å²) in [6, 6.07) is 5.26. The van der Waals surface area contributed by atoms with E-state index in [-0.39, 0.29) is 12.5 Å². The van der Waals surface area contributed by atoms with Crippen LogP contribution in [0, 0.1) is 11.8 Å². The van der Waals surface area contributed by atoms with Gasteiger partial charge in [0.2, 0.25) is 0 Å². The first-order valence-corrected chi connectivity index (χ1v) is 7.62. The van der Waals surface area contributed by atoms with Gasteiger partial charge in [0.15, 0.2) is 0 Å². The molecule has 0 aromatic heterocycles. The van der Waals surface area contributed by atoms with E-state index in [1.807, 2.05) is 0 Å². The SMILES string of the molecule is CNC(=O)c1ccc(N)cc1NCC1CCCCC1CO. The lowest BCUT2D eigenvalue weighted by Gasteiger charge is -2.30. The Morgan fingerprint density at radius 2 is 2.05 bits per heavy atom. The molecule has 5 heteroatoms. The van der Waals surface area contributed by atoms with Gasteiger partial charge in [-0.2, -0.15) is 0 Å². The van der Waals surface area contributed by atoms with Crippen LogP contribution in [0.4, 0.5) is 11.4 Å². The number of anilines is 2. The predicted molar refractivity (Wildman–Crippen MR) is 85.3 cm³/mol. The number of aliphatic hydroxyl groups is 1. The number of nitrogen functional groups attached to an aromatic ring is 1. The lowest BCUT2D eigenvalue weighted by molar-refractivity contribution is 0.0963. The first-order valence-electron chi connectivity index (χ1n) is 7.62. The zero-order valence-corrected chi connectivity index (χ0v) is 12.6. The monoisotopic (exact) mass is 291 g/mol. The van der Waals surface area contributed by atoms with Crippen LogP contribution < -0.4 is 16.4 Å². The summed E-state index contributed by atoms with van der Waals surface area (Å²) in [4.78, 5) is 11.9. The third kappa shape index (κ3) is 3.88. The number of rotatable bonds is 5. The van der Waals surface area contributed by atoms with Gasteiger partial charge >= 0.3 is 0 Å². The van der Waals surface area contributed by atoms with Crippen molar-refractivity contribution in [2.45, 2.75) is 25.7 Å². The second kappa shape index (κ2) is 7.31. The average Bonchev–Trinajstić information content (AvgIpc) is 2.52. The minimum Gasteiger partial charge on any atom is -0.399 e. The van der Waals surface area contributed by atoms with Crippen molar-refractivity contribution in [3.8, 4) is 0 Å². The number of nitrogens with two attached hydrogens (primary N) is 1. The fraction of sp³-hybridized carbons (Fsp3) is 0.562. The molecule has 0 saturated heterocycles. The van der Waals surface area contributed by atoms with E-state index in [2.05, 4.69) is 10.6 Å². The topological polar surface area (TPSA) is 87.4 Å². The van der Waals surface area contributed by atoms with Crippen molar-refractivity contribution in [1.82, 2.24) is 5.32 Å². The average molecular weight is 291 g/mol. The molecule has 1 aliphatic carbocycles. The Kier molecular flexibility index (Phi) is 5.44. The predicted octanol–water partition coefficient (Wildman–Crippen LogP) is 1.84. The van der Waals surface area contributed by atoms with Crippen LogP contribution in [0.1, 0.15) is 36.0 Å². The van der Waals surface area contributed by atoms with Crippen LogP contribution in [0.15, 0.2) is 18.2 Å². The fourth-order valence-electron chi connectivity index (χ4n) is 3.08. The standard InChI is InChI=1S/C16H25N3O2/c1-18-16(21)14-7-6-13(17)8-15(14)19-9-11-4-2-3-5-12(11)10-20/h6-8,11-12,19-20H,2-5,9-10,17H2,1H3,(H,18,21). The van der Waals surface area contributed by atoms with Crippen LogP contribution >= 0.6 is 0 Å². The van der Waals surface area contributed by atoms with Crippen LogP contribution in [0.25, 0.3) is 0 Å². The molecule has 1 fully saturated rings. The Labute approximate surface area is 125 Å². The second-order valence-corrected chi connectivity index (χ2v) is 5.75. The van der Waals surface area contributed by atoms with Crippen molar-refractivity contribution < 1.29 is 9.90 Å². The van der Waals surface area contributed by atoms with Gasteiger partial charge in [-0.05, 0) is 42.9 Å². The number of benzene rings is 1. The molecule has 0 aliphatic heterocycles. The van der Waals surface area contributed by atoms with E-state index in [0.717, 1.165) is 25.1 Å². The minimum atomic E-state index is -0.125. The van der Waals surface area contributed by atoms with Crippen LogP contribution in [-0.2, 0) is 0 Å². The molecule has 0 radical (unpaired) electrons. The molecule has 1 saturated carbocycles. The van der Waals surface area contributed by atoms with E-state index >= 15 is 0 Å². The van der Waals surface area contributed by atoms with Crippen molar-refractivity contribution in [3.63, 3.8) is 0 Å². The van der Waals surface area contributed by atoms with Gasteiger partial charge in [0.25, 0.3) is 5.91 Å². The summed E-state index contributed by atoms with van der Waals surface area (Å²) in [6.45, 7) is 1.00. The van der Waals surface area contributed by atoms with Crippen molar-refractivity contribution in [2.75, 3.05) is 31.2 Å². The highest BCUT2D eigenvalue weighted by atomic mass is 16.3. The summed E-state index contributed by atoms with van der Waals surface area (Å²) >= 11 is 0. The molecule has 1 aromatic carbocycles. The van der Waals surface area contributed by atoms with E-state index in [0.29, 0.717) is 23.1 Å². The molecule has 2 unspecified atom stereocenters. The first kappa shape index (κ1) is 15.6. The van der Waals surface area contributed by atoms with E-state index in [4.69, 9.17) is 5.73 Å². The first-order chi connectivity index (χ1) is 10.2. The molecule has 1 aromatic rings. The van der Waals surface area contributed by atoms with Crippen molar-refractivity contribution in [2.24, 2.45) is 11.8 Å². The summed E-state index contributed by atoms with van der Waals surface area (Å²) in [5.74, 6) is 0.679. The fourth-order valence-corrected chi connectivity index (χ4v) is 3.08. The number of hydrogen-bond acceptors (Lipinski definition) is 4. The van der Waals surface area contributed by atoms with Gasteiger partial charge in [0, 0.05) is 31.6 Å². The highest BCUT2D eigenvalue weighted by Gasteiger charge is 2.24. The number of carbonyl (C=O) groups is 1. The summed E-state index contributed by atoms with van der Waals surface area (Å²) in [5, 5.41) is 15.5. The van der Waals surface area contributed by atoms with Gasteiger partial charge in [0.05, 0.1) is 5.56 Å². The highest BCUT2D eigenvalue weighted by molar-refractivity contribution is 6.00. The molecule has 2 atom stereocenters. The van der Waals surface area contributed by atoms with Crippen LogP contribution in [0.2, 0.25) is 0 Å². The van der Waals surface area contributed by atoms with Gasteiger partial charge in [-0.25, -0.2) is 0 Å². The van der Waals surface area contributed by atoms with Crippen molar-refractivity contribution in [3.05, 3.63) is 23.8 Å². The molecule has 5 nitrogen and oxygen atoms in total. The third-order valence-electron chi connectivity index (χ3n) is 4.37. The Bertz CT molecular complexity index is 490. The van der Waals surface area contributed by atoms with E-state index in [1.165, 1.54) is 12.8 Å². The molecule has 5 N–H and O–H groups in total. The molecule has 21 heavy (non-hydrogen) atoms. The molecule has 116 valence electrons.